The summed E-state index contributed by atoms with van der Waals surface area (Å²) < 4.78 is 11.0. The minimum Gasteiger partial charge on any atom is -0.349 e. The van der Waals surface area contributed by atoms with Crippen molar-refractivity contribution in [2.75, 3.05) is 13.2 Å². The van der Waals surface area contributed by atoms with E-state index in [4.69, 9.17) is 9.47 Å². The zero-order valence-corrected chi connectivity index (χ0v) is 12.5. The molecule has 0 aromatic heterocycles. The SMILES string of the molecule is CCOC(OCC)c1ccc(C)cc1.[Y]. The Labute approximate surface area is 117 Å². The van der Waals surface area contributed by atoms with Gasteiger partial charge in [0.1, 0.15) is 0 Å². The van der Waals surface area contributed by atoms with Gasteiger partial charge in [-0.1, -0.05) is 29.8 Å². The van der Waals surface area contributed by atoms with Crippen LogP contribution < -0.4 is 0 Å². The van der Waals surface area contributed by atoms with Gasteiger partial charge in [0.25, 0.3) is 0 Å². The summed E-state index contributed by atoms with van der Waals surface area (Å²) in [5, 5.41) is 0. The molecule has 0 atom stereocenters. The molecule has 1 radical (unpaired) electrons. The second kappa shape index (κ2) is 8.40. The second-order valence-electron chi connectivity index (χ2n) is 3.15. The van der Waals surface area contributed by atoms with E-state index in [0.29, 0.717) is 13.2 Å². The maximum Gasteiger partial charge on any atom is 0.183 e. The second-order valence-corrected chi connectivity index (χ2v) is 3.15. The van der Waals surface area contributed by atoms with Gasteiger partial charge in [0, 0.05) is 51.5 Å². The summed E-state index contributed by atoms with van der Waals surface area (Å²) in [6.07, 6.45) is -0.217. The van der Waals surface area contributed by atoms with Gasteiger partial charge in [-0.2, -0.15) is 0 Å². The van der Waals surface area contributed by atoms with Crippen molar-refractivity contribution in [3.8, 4) is 0 Å². The summed E-state index contributed by atoms with van der Waals surface area (Å²) in [6, 6.07) is 8.23. The summed E-state index contributed by atoms with van der Waals surface area (Å²) in [5.41, 5.74) is 2.33. The fourth-order valence-electron chi connectivity index (χ4n) is 1.27. The average Bonchev–Trinajstić information content (AvgIpc) is 2.19. The van der Waals surface area contributed by atoms with Gasteiger partial charge >= 0.3 is 0 Å². The van der Waals surface area contributed by atoms with Gasteiger partial charge in [-0.3, -0.25) is 0 Å². The predicted molar refractivity (Wildman–Crippen MR) is 57.2 cm³/mol. The number of ether oxygens (including phenoxy) is 2. The van der Waals surface area contributed by atoms with E-state index in [2.05, 4.69) is 19.1 Å². The van der Waals surface area contributed by atoms with Crippen molar-refractivity contribution in [2.45, 2.75) is 27.1 Å². The molecule has 0 saturated carbocycles. The quantitative estimate of drug-likeness (QED) is 0.773. The van der Waals surface area contributed by atoms with Gasteiger partial charge in [0.05, 0.1) is 0 Å². The number of rotatable bonds is 5. The van der Waals surface area contributed by atoms with E-state index in [1.165, 1.54) is 5.56 Å². The maximum absolute atomic E-state index is 5.49. The first kappa shape index (κ1) is 15.2. The third-order valence-corrected chi connectivity index (χ3v) is 1.99. The Hall–Kier alpha value is 0.244. The Morgan fingerprint density at radius 1 is 1.00 bits per heavy atom. The molecule has 81 valence electrons. The Morgan fingerprint density at radius 2 is 1.47 bits per heavy atom. The maximum atomic E-state index is 5.49. The zero-order chi connectivity index (χ0) is 10.4. The number of hydrogen-bond acceptors (Lipinski definition) is 2. The monoisotopic (exact) mass is 283 g/mol. The first-order chi connectivity index (χ1) is 6.77. The zero-order valence-electron chi connectivity index (χ0n) is 9.69. The molecule has 0 aliphatic carbocycles. The Kier molecular flexibility index (Phi) is 8.54. The fourth-order valence-corrected chi connectivity index (χ4v) is 1.27. The van der Waals surface area contributed by atoms with E-state index in [1.54, 1.807) is 0 Å². The molecule has 15 heavy (non-hydrogen) atoms. The first-order valence-electron chi connectivity index (χ1n) is 5.07. The average molecular weight is 283 g/mol. The molecule has 0 bridgehead atoms. The molecular weight excluding hydrogens is 265 g/mol. The van der Waals surface area contributed by atoms with Crippen LogP contribution in [0.2, 0.25) is 0 Å². The molecule has 0 saturated heterocycles. The van der Waals surface area contributed by atoms with Crippen LogP contribution in [-0.4, -0.2) is 13.2 Å². The third kappa shape index (κ3) is 5.21. The van der Waals surface area contributed by atoms with Crippen LogP contribution in [0, 0.1) is 6.92 Å². The Balaban J connectivity index is 0.00000196. The summed E-state index contributed by atoms with van der Waals surface area (Å²) in [6.45, 7) is 7.34. The molecule has 0 amide bonds. The minimum atomic E-state index is -0.217. The molecule has 1 rings (SSSR count). The van der Waals surface area contributed by atoms with Crippen molar-refractivity contribution in [3.63, 3.8) is 0 Å². The molecule has 0 aliphatic heterocycles. The van der Waals surface area contributed by atoms with Gasteiger partial charge < -0.3 is 9.47 Å². The Bertz CT molecular complexity index is 253. The van der Waals surface area contributed by atoms with Crippen molar-refractivity contribution in [3.05, 3.63) is 35.4 Å². The number of benzene rings is 1. The van der Waals surface area contributed by atoms with Crippen LogP contribution >= 0.6 is 0 Å². The van der Waals surface area contributed by atoms with Crippen LogP contribution in [-0.2, 0) is 42.2 Å². The molecule has 2 nitrogen and oxygen atoms in total. The van der Waals surface area contributed by atoms with Crippen molar-refractivity contribution >= 4 is 0 Å². The summed E-state index contributed by atoms with van der Waals surface area (Å²) >= 11 is 0. The largest absolute Gasteiger partial charge is 0.349 e. The van der Waals surface area contributed by atoms with Crippen LogP contribution in [0.3, 0.4) is 0 Å². The molecule has 0 fully saturated rings. The molecule has 0 spiro atoms. The van der Waals surface area contributed by atoms with E-state index >= 15 is 0 Å². The predicted octanol–water partition coefficient (Wildman–Crippen LogP) is 3.06. The van der Waals surface area contributed by atoms with Crippen molar-refractivity contribution < 1.29 is 42.2 Å². The van der Waals surface area contributed by atoms with E-state index in [0.717, 1.165) is 5.56 Å². The van der Waals surface area contributed by atoms with Gasteiger partial charge in [0.2, 0.25) is 0 Å². The van der Waals surface area contributed by atoms with Crippen molar-refractivity contribution in [1.29, 1.82) is 0 Å². The molecule has 0 aliphatic rings. The summed E-state index contributed by atoms with van der Waals surface area (Å²) in [7, 11) is 0. The minimum absolute atomic E-state index is 0. The van der Waals surface area contributed by atoms with E-state index in [9.17, 15) is 0 Å². The molecule has 1 aromatic rings. The molecular formula is C12H18O2Y. The van der Waals surface area contributed by atoms with Crippen molar-refractivity contribution in [1.82, 2.24) is 0 Å². The van der Waals surface area contributed by atoms with E-state index < -0.39 is 0 Å². The van der Waals surface area contributed by atoms with Crippen LogP contribution in [0.4, 0.5) is 0 Å². The van der Waals surface area contributed by atoms with E-state index in [1.807, 2.05) is 26.0 Å². The number of hydrogen-bond donors (Lipinski definition) is 0. The molecule has 3 heteroatoms. The van der Waals surface area contributed by atoms with Gasteiger partial charge in [-0.25, -0.2) is 0 Å². The van der Waals surface area contributed by atoms with Crippen LogP contribution in [0.25, 0.3) is 0 Å². The van der Waals surface area contributed by atoms with Gasteiger partial charge in [0.15, 0.2) is 6.29 Å². The topological polar surface area (TPSA) is 18.5 Å². The molecule has 0 unspecified atom stereocenters. The van der Waals surface area contributed by atoms with Crippen LogP contribution in [0.1, 0.15) is 31.3 Å². The van der Waals surface area contributed by atoms with Crippen LogP contribution in [0.15, 0.2) is 24.3 Å². The van der Waals surface area contributed by atoms with Gasteiger partial charge in [-0.05, 0) is 20.8 Å². The third-order valence-electron chi connectivity index (χ3n) is 1.99. The smallest absolute Gasteiger partial charge is 0.183 e. The molecule has 1 aromatic carbocycles. The van der Waals surface area contributed by atoms with Gasteiger partial charge in [-0.15, -0.1) is 0 Å². The summed E-state index contributed by atoms with van der Waals surface area (Å²) in [5.74, 6) is 0. The standard InChI is InChI=1S/C12H18O2.Y/c1-4-13-12(14-5-2)11-8-6-10(3)7-9-11;/h6-9,12H,4-5H2,1-3H3;. The Morgan fingerprint density at radius 3 is 1.87 bits per heavy atom. The number of aryl methyl sites for hydroxylation is 1. The molecule has 0 N–H and O–H groups in total. The van der Waals surface area contributed by atoms with E-state index in [-0.39, 0.29) is 39.0 Å². The summed E-state index contributed by atoms with van der Waals surface area (Å²) in [4.78, 5) is 0. The van der Waals surface area contributed by atoms with Crippen LogP contribution in [0.5, 0.6) is 0 Å². The fraction of sp³-hybridized carbons (Fsp3) is 0.500. The first-order valence-corrected chi connectivity index (χ1v) is 5.07. The normalized spacial score (nSPS) is 10.1. The molecule has 0 heterocycles. The van der Waals surface area contributed by atoms with Crippen molar-refractivity contribution in [2.24, 2.45) is 0 Å².